The first-order valence-electron chi connectivity index (χ1n) is 14.2. The van der Waals surface area contributed by atoms with Crippen molar-refractivity contribution < 1.29 is 49.4 Å². The summed E-state index contributed by atoms with van der Waals surface area (Å²) in [5.74, 6) is -20.2. The van der Waals surface area contributed by atoms with Gasteiger partial charge >= 0.3 is 0 Å². The summed E-state index contributed by atoms with van der Waals surface area (Å²) in [4.78, 5) is -1.04. The molecule has 4 aromatic carbocycles. The smallest absolute Gasteiger partial charge is 0.254 e. The Morgan fingerprint density at radius 2 is 1.16 bits per heavy atom. The summed E-state index contributed by atoms with van der Waals surface area (Å²) in [5, 5.41) is 16.7. The zero-order valence-electron chi connectivity index (χ0n) is 25.7. The summed E-state index contributed by atoms with van der Waals surface area (Å²) in [6, 6.07) is 9.47. The molecular formula is C35H22Br2F8N2O3. The van der Waals surface area contributed by atoms with Crippen molar-refractivity contribution in [3.05, 3.63) is 137 Å². The van der Waals surface area contributed by atoms with Crippen LogP contribution in [0.15, 0.2) is 72.2 Å². The van der Waals surface area contributed by atoms with Crippen LogP contribution < -0.4 is 4.74 Å². The molecule has 5 aromatic rings. The van der Waals surface area contributed by atoms with Crippen molar-refractivity contribution in [3.8, 4) is 40.2 Å². The number of hydrogen-bond acceptors (Lipinski definition) is 5. The molecule has 1 N–H and O–H groups in total. The average molecular weight is 830 g/mol. The molecular weight excluding hydrogens is 808 g/mol. The van der Waals surface area contributed by atoms with E-state index in [1.807, 2.05) is 13.8 Å². The van der Waals surface area contributed by atoms with Gasteiger partial charge in [-0.3, -0.25) is 0 Å². The summed E-state index contributed by atoms with van der Waals surface area (Å²) in [6.45, 7) is 11.2. The van der Waals surface area contributed by atoms with E-state index < -0.39 is 85.4 Å². The van der Waals surface area contributed by atoms with Gasteiger partial charge in [0.15, 0.2) is 34.9 Å². The molecule has 0 aliphatic carbocycles. The molecule has 1 heterocycles. The Bertz CT molecular complexity index is 2120. The second-order valence-electron chi connectivity index (χ2n) is 11.2. The van der Waals surface area contributed by atoms with Gasteiger partial charge in [0.05, 0.1) is 9.65 Å². The quantitative estimate of drug-likeness (QED) is 0.0657. The third kappa shape index (κ3) is 6.43. The van der Waals surface area contributed by atoms with E-state index >= 15 is 17.6 Å². The van der Waals surface area contributed by atoms with Crippen molar-refractivity contribution in [1.29, 1.82) is 0 Å². The number of halogens is 10. The molecule has 0 radical (unpaired) electrons. The van der Waals surface area contributed by atoms with Crippen molar-refractivity contribution in [2.24, 2.45) is 0 Å². The first-order valence-corrected chi connectivity index (χ1v) is 16.1. The molecule has 0 bridgehead atoms. The highest BCUT2D eigenvalue weighted by atomic mass is 79.9. The highest BCUT2D eigenvalue weighted by molar-refractivity contribution is 9.09. The number of phenols is 1. The summed E-state index contributed by atoms with van der Waals surface area (Å²) in [5.41, 5.74) is -1.57. The zero-order valence-corrected chi connectivity index (χ0v) is 28.9. The van der Waals surface area contributed by atoms with Crippen LogP contribution >= 0.6 is 31.9 Å². The first kappa shape index (κ1) is 36.8. The third-order valence-corrected chi connectivity index (χ3v) is 9.62. The molecule has 0 fully saturated rings. The van der Waals surface area contributed by atoms with Crippen LogP contribution in [0.4, 0.5) is 35.1 Å². The van der Waals surface area contributed by atoms with Gasteiger partial charge in [-0.15, -0.1) is 23.4 Å². The maximum Gasteiger partial charge on any atom is 0.254 e. The largest absolute Gasteiger partial charge is 0.508 e. The van der Waals surface area contributed by atoms with Gasteiger partial charge in [-0.1, -0.05) is 70.0 Å². The monoisotopic (exact) mass is 828 g/mol. The van der Waals surface area contributed by atoms with Crippen molar-refractivity contribution >= 4 is 31.9 Å². The molecule has 0 aliphatic rings. The van der Waals surface area contributed by atoms with Crippen LogP contribution in [0.1, 0.15) is 45.8 Å². The molecule has 50 heavy (non-hydrogen) atoms. The van der Waals surface area contributed by atoms with Crippen LogP contribution in [-0.2, 0) is 5.41 Å². The summed E-state index contributed by atoms with van der Waals surface area (Å²) in [7, 11) is 0. The fraction of sp³-hybridized carbons (Fsp3) is 0.143. The van der Waals surface area contributed by atoms with Gasteiger partial charge in [0.1, 0.15) is 22.6 Å². The van der Waals surface area contributed by atoms with Gasteiger partial charge in [0.25, 0.3) is 11.8 Å². The zero-order chi connectivity index (χ0) is 36.8. The number of phenolic OH excluding ortho intramolecular Hbond substituents is 1. The number of aromatic hydroxyl groups is 1. The van der Waals surface area contributed by atoms with E-state index in [-0.39, 0.29) is 28.0 Å². The molecule has 0 amide bonds. The fourth-order valence-electron chi connectivity index (χ4n) is 5.02. The Morgan fingerprint density at radius 3 is 1.68 bits per heavy atom. The number of aromatic nitrogens is 2. The molecule has 5 rings (SSSR count). The summed E-state index contributed by atoms with van der Waals surface area (Å²) >= 11 is 6.84. The lowest BCUT2D eigenvalue weighted by Gasteiger charge is -2.29. The molecule has 0 saturated heterocycles. The van der Waals surface area contributed by atoms with Gasteiger partial charge in [-0.05, 0) is 35.4 Å². The highest BCUT2D eigenvalue weighted by Gasteiger charge is 2.34. The first-order chi connectivity index (χ1) is 23.5. The Hall–Kier alpha value is -4.50. The minimum absolute atomic E-state index is 0.0433. The Balaban J connectivity index is 1.56. The Labute approximate surface area is 296 Å². The third-order valence-electron chi connectivity index (χ3n) is 7.89. The number of alkyl halides is 2. The molecule has 0 saturated carbocycles. The van der Waals surface area contributed by atoms with E-state index in [2.05, 4.69) is 55.2 Å². The van der Waals surface area contributed by atoms with Crippen molar-refractivity contribution in [3.63, 3.8) is 0 Å². The maximum atomic E-state index is 15.4. The van der Waals surface area contributed by atoms with Crippen LogP contribution in [0.5, 0.6) is 17.2 Å². The molecule has 5 nitrogen and oxygen atoms in total. The van der Waals surface area contributed by atoms with E-state index in [4.69, 9.17) is 9.15 Å². The van der Waals surface area contributed by atoms with Crippen LogP contribution in [0, 0.1) is 46.5 Å². The molecule has 0 spiro atoms. The van der Waals surface area contributed by atoms with Gasteiger partial charge in [0.2, 0.25) is 17.4 Å². The summed E-state index contributed by atoms with van der Waals surface area (Å²) < 4.78 is 128. The van der Waals surface area contributed by atoms with Gasteiger partial charge in [-0.25, -0.2) is 26.3 Å². The molecule has 2 atom stereocenters. The number of hydrogen-bond donors (Lipinski definition) is 1. The molecule has 2 unspecified atom stereocenters. The summed E-state index contributed by atoms with van der Waals surface area (Å²) in [6.07, 6.45) is 3.03. The number of rotatable bonds is 10. The van der Waals surface area contributed by atoms with Crippen LogP contribution in [0.25, 0.3) is 22.9 Å². The average Bonchev–Trinajstić information content (AvgIpc) is 3.57. The standard InChI is InChI=1S/C35H22Br2F8N2O3/c1-5-18(36)16-11-14(7-9-22(16)48)35(3,4)15-8-10-23(17(12-15)19(37)6-2)49-32-30(44)28(42)25(29(43)31(32)45)34-47-46-33(50-34)24-26(40)20(38)13-21(39)27(24)41/h5-13,18-19,48H,1-2H2,3-4H3. The van der Waals surface area contributed by atoms with Crippen LogP contribution in [0.2, 0.25) is 0 Å². The predicted octanol–water partition coefficient (Wildman–Crippen LogP) is 11.6. The van der Waals surface area contributed by atoms with Crippen molar-refractivity contribution in [2.45, 2.75) is 28.9 Å². The lowest BCUT2D eigenvalue weighted by molar-refractivity contribution is 0.364. The minimum Gasteiger partial charge on any atom is -0.508 e. The lowest BCUT2D eigenvalue weighted by Crippen LogP contribution is -2.19. The lowest BCUT2D eigenvalue weighted by atomic mass is 9.76. The molecule has 15 heteroatoms. The van der Waals surface area contributed by atoms with E-state index in [0.29, 0.717) is 11.1 Å². The number of benzene rings is 4. The second kappa shape index (κ2) is 14.0. The van der Waals surface area contributed by atoms with E-state index in [9.17, 15) is 22.7 Å². The molecule has 1 aromatic heterocycles. The van der Waals surface area contributed by atoms with Crippen molar-refractivity contribution in [2.75, 3.05) is 0 Å². The molecule has 0 aliphatic heterocycles. The normalized spacial score (nSPS) is 12.9. The highest BCUT2D eigenvalue weighted by Crippen LogP contribution is 2.44. The fourth-order valence-corrected chi connectivity index (χ4v) is 5.74. The van der Waals surface area contributed by atoms with E-state index in [1.54, 1.807) is 30.3 Å². The minimum atomic E-state index is -2.09. The van der Waals surface area contributed by atoms with Gasteiger partial charge in [-0.2, -0.15) is 8.78 Å². The maximum absolute atomic E-state index is 15.4. The Morgan fingerprint density at radius 1 is 0.700 bits per heavy atom. The number of allylic oxidation sites excluding steroid dienone is 2. The SMILES string of the molecule is C=CC(Br)c1cc(C(C)(C)c2ccc(Oc3c(F)c(F)c(-c4nnc(-c5c(F)c(F)cc(F)c5F)o4)c(F)c3F)c(C(Br)C=C)c2)ccc1O. The van der Waals surface area contributed by atoms with Crippen LogP contribution in [-0.4, -0.2) is 15.3 Å². The topological polar surface area (TPSA) is 68.4 Å². The van der Waals surface area contributed by atoms with E-state index in [0.717, 1.165) is 5.56 Å². The van der Waals surface area contributed by atoms with Gasteiger partial charge in [0, 0.05) is 22.6 Å². The predicted molar refractivity (Wildman–Crippen MR) is 175 cm³/mol. The number of nitrogens with zero attached hydrogens (tertiary/aromatic N) is 2. The van der Waals surface area contributed by atoms with Crippen LogP contribution in [0.3, 0.4) is 0 Å². The Kier molecular flexibility index (Phi) is 10.3. The second-order valence-corrected chi connectivity index (χ2v) is 13.2. The van der Waals surface area contributed by atoms with Gasteiger partial charge < -0.3 is 14.3 Å². The number of ether oxygens (including phenoxy) is 1. The van der Waals surface area contributed by atoms with Crippen molar-refractivity contribution in [1.82, 2.24) is 10.2 Å². The van der Waals surface area contributed by atoms with E-state index in [1.165, 1.54) is 18.2 Å². The molecule has 260 valence electrons.